The number of allylic oxidation sites excluding steroid dienone is 1. The van der Waals surface area contributed by atoms with Crippen molar-refractivity contribution in [3.63, 3.8) is 0 Å². The molecule has 14 nitrogen and oxygen atoms in total. The van der Waals surface area contributed by atoms with Gasteiger partial charge in [-0.15, -0.1) is 11.6 Å². The van der Waals surface area contributed by atoms with Crippen LogP contribution in [0.5, 0.6) is 5.75 Å². The summed E-state index contributed by atoms with van der Waals surface area (Å²) in [6, 6.07) is 33.6. The number of anilines is 1. The molecule has 0 bridgehead atoms. The molecule has 0 aliphatic carbocycles. The number of fused-ring (bicyclic) bond motifs is 1. The Labute approximate surface area is 392 Å². The van der Waals surface area contributed by atoms with Crippen molar-refractivity contribution in [1.82, 2.24) is 15.1 Å². The quantitative estimate of drug-likeness (QED) is 0.0267. The molecule has 2 heterocycles. The summed E-state index contributed by atoms with van der Waals surface area (Å²) in [5.41, 5.74) is 7.89. The summed E-state index contributed by atoms with van der Waals surface area (Å²) < 4.78 is 34.0. The van der Waals surface area contributed by atoms with Gasteiger partial charge in [-0.05, 0) is 64.9 Å². The van der Waals surface area contributed by atoms with Gasteiger partial charge in [-0.3, -0.25) is 24.5 Å². The van der Waals surface area contributed by atoms with E-state index < -0.39 is 11.9 Å². The number of nitrogens with zero attached hydrogens (tertiary/aromatic N) is 2. The maximum Gasteiger partial charge on any atom is 0.255 e. The minimum absolute atomic E-state index is 0.0206. The lowest BCUT2D eigenvalue weighted by atomic mass is 9.88. The molecule has 1 saturated heterocycles. The molecule has 0 spiro atoms. The molecule has 2 N–H and O–H groups in total. The Morgan fingerprint density at radius 2 is 1.29 bits per heavy atom. The number of piperidine rings is 1. The van der Waals surface area contributed by atoms with Gasteiger partial charge in [-0.2, -0.15) is 0 Å². The molecule has 352 valence electrons. The fourth-order valence-corrected chi connectivity index (χ4v) is 7.94. The van der Waals surface area contributed by atoms with Crippen molar-refractivity contribution < 1.29 is 47.6 Å². The van der Waals surface area contributed by atoms with Gasteiger partial charge >= 0.3 is 0 Å². The maximum atomic E-state index is 13.0. The van der Waals surface area contributed by atoms with Gasteiger partial charge < -0.3 is 43.5 Å². The second-order valence-electron chi connectivity index (χ2n) is 15.7. The molecule has 4 aromatic rings. The van der Waals surface area contributed by atoms with E-state index in [1.807, 2.05) is 60.7 Å². The highest BCUT2D eigenvalue weighted by Crippen LogP contribution is 2.36. The number of imide groups is 1. The fraction of sp³-hybridized carbons (Fsp3) is 0.412. The second kappa shape index (κ2) is 27.1. The van der Waals surface area contributed by atoms with Gasteiger partial charge in [-0.25, -0.2) is 0 Å². The van der Waals surface area contributed by atoms with Crippen LogP contribution >= 0.6 is 11.6 Å². The van der Waals surface area contributed by atoms with Crippen LogP contribution in [0.2, 0.25) is 0 Å². The van der Waals surface area contributed by atoms with Gasteiger partial charge in [0.15, 0.2) is 0 Å². The third-order valence-corrected chi connectivity index (χ3v) is 11.4. The number of alkyl halides is 1. The molecule has 0 saturated carbocycles. The zero-order valence-electron chi connectivity index (χ0n) is 37.7. The molecule has 0 radical (unpaired) electrons. The van der Waals surface area contributed by atoms with Crippen LogP contribution in [0.15, 0.2) is 103 Å². The van der Waals surface area contributed by atoms with Crippen molar-refractivity contribution in [2.45, 2.75) is 38.3 Å². The number of carbonyl (C=O) groups excluding carboxylic acids is 4. The maximum absolute atomic E-state index is 13.0. The van der Waals surface area contributed by atoms with Crippen LogP contribution in [0.25, 0.3) is 11.1 Å². The number of hydrogen-bond donors (Lipinski definition) is 2. The molecule has 2 aliphatic rings. The molecular formula is C51H61ClN4O10. The fourth-order valence-electron chi connectivity index (χ4n) is 7.75. The Kier molecular flexibility index (Phi) is 20.5. The van der Waals surface area contributed by atoms with Crippen molar-refractivity contribution in [2.75, 3.05) is 104 Å². The van der Waals surface area contributed by atoms with Gasteiger partial charge in [0.1, 0.15) is 18.4 Å². The molecule has 0 aromatic heterocycles. The monoisotopic (exact) mass is 924 g/mol. The summed E-state index contributed by atoms with van der Waals surface area (Å²) in [6.07, 6.45) is 1.54. The number of rotatable bonds is 29. The topological polar surface area (TPSA) is 154 Å². The minimum Gasteiger partial charge on any atom is -0.492 e. The smallest absolute Gasteiger partial charge is 0.255 e. The first-order valence-corrected chi connectivity index (χ1v) is 23.1. The van der Waals surface area contributed by atoms with Crippen LogP contribution in [0.1, 0.15) is 58.3 Å². The summed E-state index contributed by atoms with van der Waals surface area (Å²) in [5.74, 6) is 0.285. The summed E-state index contributed by atoms with van der Waals surface area (Å²) in [5, 5.41) is 5.66. The molecule has 66 heavy (non-hydrogen) atoms. The predicted octanol–water partition coefficient (Wildman–Crippen LogP) is 6.46. The number of nitrogens with one attached hydrogen (secondary N) is 2. The molecule has 2 aliphatic heterocycles. The highest BCUT2D eigenvalue weighted by atomic mass is 35.5. The van der Waals surface area contributed by atoms with E-state index in [1.165, 1.54) is 5.57 Å². The molecule has 1 fully saturated rings. The zero-order valence-corrected chi connectivity index (χ0v) is 38.4. The Hall–Kier alpha value is -5.61. The number of ether oxygens (including phenoxy) is 6. The number of likely N-dealkylation sites (N-methyl/N-ethyl adjacent to an activating group) is 1. The summed E-state index contributed by atoms with van der Waals surface area (Å²) in [7, 11) is 1.77. The Morgan fingerprint density at radius 3 is 1.91 bits per heavy atom. The van der Waals surface area contributed by atoms with Crippen molar-refractivity contribution in [2.24, 2.45) is 0 Å². The SMILES string of the molecule is CN(CCOc1ccc(C(=C(CCCl)c2ccccc2)c2ccccc2)cc1)C(=O)CCOCCOCCOCCOCCOCCNc1cccc2c1CN(C1CCC(=O)NC1=O)C2=O. The highest BCUT2D eigenvalue weighted by Gasteiger charge is 2.39. The van der Waals surface area contributed by atoms with Crippen molar-refractivity contribution in [3.8, 4) is 5.75 Å². The molecule has 4 aromatic carbocycles. The van der Waals surface area contributed by atoms with Crippen LogP contribution < -0.4 is 15.4 Å². The van der Waals surface area contributed by atoms with Crippen LogP contribution in [0, 0.1) is 0 Å². The van der Waals surface area contributed by atoms with E-state index in [1.54, 1.807) is 22.9 Å². The molecule has 1 unspecified atom stereocenters. The van der Waals surface area contributed by atoms with Crippen LogP contribution in [-0.2, 0) is 44.6 Å². The van der Waals surface area contributed by atoms with Gasteiger partial charge in [0, 0.05) is 49.3 Å². The van der Waals surface area contributed by atoms with Gasteiger partial charge in [0.25, 0.3) is 5.91 Å². The summed E-state index contributed by atoms with van der Waals surface area (Å²) in [6.45, 7) is 5.74. The lowest BCUT2D eigenvalue weighted by Gasteiger charge is -2.29. The first-order chi connectivity index (χ1) is 32.3. The van der Waals surface area contributed by atoms with E-state index >= 15 is 0 Å². The van der Waals surface area contributed by atoms with Crippen molar-refractivity contribution >= 4 is 52.1 Å². The zero-order chi connectivity index (χ0) is 46.4. The Bertz CT molecular complexity index is 2190. The first kappa shape index (κ1) is 49.8. The molecular weight excluding hydrogens is 864 g/mol. The number of benzene rings is 4. The van der Waals surface area contributed by atoms with E-state index in [-0.39, 0.29) is 30.6 Å². The van der Waals surface area contributed by atoms with E-state index in [4.69, 9.17) is 40.0 Å². The number of hydrogen-bond acceptors (Lipinski definition) is 11. The third kappa shape index (κ3) is 15.0. The third-order valence-electron chi connectivity index (χ3n) is 11.2. The number of halogens is 1. The standard InChI is InChI=1S/C51H61ClN4O10/c1-55(25-28-66-41-17-15-40(16-18-41)49(39-11-6-3-7-12-39)42(21-23-52)38-9-4-2-5-10-38)48(58)22-26-61-29-31-63-33-35-65-36-34-64-32-30-62-27-24-53-45-14-8-13-43-44(45)37-56(51(43)60)46-19-20-47(57)54-50(46)59/h2-18,46,53H,19-37H2,1H3,(H,54,57,59). The average Bonchev–Trinajstić information content (AvgIpc) is 3.67. The minimum atomic E-state index is -0.648. The van der Waals surface area contributed by atoms with E-state index in [0.29, 0.717) is 110 Å². The molecule has 4 amide bonds. The van der Waals surface area contributed by atoms with Crippen LogP contribution in [0.3, 0.4) is 0 Å². The number of amides is 4. The van der Waals surface area contributed by atoms with E-state index in [9.17, 15) is 19.2 Å². The van der Waals surface area contributed by atoms with Crippen molar-refractivity contribution in [3.05, 3.63) is 131 Å². The molecule has 15 heteroatoms. The lowest BCUT2D eigenvalue weighted by molar-refractivity contribution is -0.137. The second-order valence-corrected chi connectivity index (χ2v) is 16.1. The van der Waals surface area contributed by atoms with E-state index in [0.717, 1.165) is 45.7 Å². The Balaban J connectivity index is 0.742. The van der Waals surface area contributed by atoms with Gasteiger partial charge in [0.05, 0.1) is 79.0 Å². The molecule has 6 rings (SSSR count). The number of carbonyl (C=O) groups is 4. The highest BCUT2D eigenvalue weighted by molar-refractivity contribution is 6.18. The van der Waals surface area contributed by atoms with Gasteiger partial charge in [-0.1, -0.05) is 78.9 Å². The first-order valence-electron chi connectivity index (χ1n) is 22.6. The largest absolute Gasteiger partial charge is 0.492 e. The lowest BCUT2D eigenvalue weighted by Crippen LogP contribution is -2.52. The Morgan fingerprint density at radius 1 is 0.697 bits per heavy atom. The molecule has 1 atom stereocenters. The van der Waals surface area contributed by atoms with Crippen molar-refractivity contribution in [1.29, 1.82) is 0 Å². The van der Waals surface area contributed by atoms with E-state index in [2.05, 4.69) is 47.0 Å². The summed E-state index contributed by atoms with van der Waals surface area (Å²) in [4.78, 5) is 52.8. The van der Waals surface area contributed by atoms with Gasteiger partial charge in [0.2, 0.25) is 17.7 Å². The van der Waals surface area contributed by atoms with Crippen LogP contribution in [-0.4, -0.2) is 138 Å². The van der Waals surface area contributed by atoms with Crippen LogP contribution in [0.4, 0.5) is 5.69 Å². The average molecular weight is 926 g/mol. The predicted molar refractivity (Wildman–Crippen MR) is 253 cm³/mol. The summed E-state index contributed by atoms with van der Waals surface area (Å²) >= 11 is 6.30. The normalized spacial score (nSPS) is 15.0.